The molecule has 1 heterocycles. The highest BCUT2D eigenvalue weighted by molar-refractivity contribution is 6.01. The summed E-state index contributed by atoms with van der Waals surface area (Å²) in [5.41, 5.74) is 6.45. The molecule has 5 heteroatoms. The lowest BCUT2D eigenvalue weighted by Gasteiger charge is -2.21. The third-order valence-electron chi connectivity index (χ3n) is 2.67. The number of hydrogen-bond acceptors (Lipinski definition) is 4. The molecule has 5 nitrogen and oxygen atoms in total. The Morgan fingerprint density at radius 1 is 1.38 bits per heavy atom. The SMILES string of the molecule is Nc1ccc(C2CCC(=O)NC2=O)c(O)c1. The van der Waals surface area contributed by atoms with E-state index in [1.807, 2.05) is 0 Å². The maximum Gasteiger partial charge on any atom is 0.234 e. The number of nitrogen functional groups attached to an aromatic ring is 1. The lowest BCUT2D eigenvalue weighted by atomic mass is 9.90. The first kappa shape index (κ1) is 10.5. The smallest absolute Gasteiger partial charge is 0.234 e. The summed E-state index contributed by atoms with van der Waals surface area (Å²) in [5, 5.41) is 11.9. The van der Waals surface area contributed by atoms with Gasteiger partial charge in [0.05, 0.1) is 5.92 Å². The van der Waals surface area contributed by atoms with E-state index in [1.54, 1.807) is 12.1 Å². The molecule has 1 aromatic carbocycles. The summed E-state index contributed by atoms with van der Waals surface area (Å²) in [6.07, 6.45) is 0.711. The van der Waals surface area contributed by atoms with Gasteiger partial charge in [0.15, 0.2) is 0 Å². The summed E-state index contributed by atoms with van der Waals surface area (Å²) in [6.45, 7) is 0. The number of benzene rings is 1. The zero-order valence-electron chi connectivity index (χ0n) is 8.56. The number of rotatable bonds is 1. The second kappa shape index (κ2) is 3.84. The standard InChI is InChI=1S/C11H12N2O3/c12-6-1-2-7(9(14)5-6)8-3-4-10(15)13-11(8)16/h1-2,5,8,14H,3-4,12H2,(H,13,15,16). The van der Waals surface area contributed by atoms with E-state index in [-0.39, 0.29) is 17.6 Å². The average Bonchev–Trinajstić information content (AvgIpc) is 2.19. The molecule has 0 aliphatic carbocycles. The van der Waals surface area contributed by atoms with Crippen LogP contribution in [0.25, 0.3) is 0 Å². The van der Waals surface area contributed by atoms with E-state index < -0.39 is 5.92 Å². The minimum atomic E-state index is -0.474. The number of piperidine rings is 1. The van der Waals surface area contributed by atoms with Crippen molar-refractivity contribution in [2.75, 3.05) is 5.73 Å². The van der Waals surface area contributed by atoms with E-state index in [0.717, 1.165) is 0 Å². The van der Waals surface area contributed by atoms with Crippen LogP contribution in [-0.4, -0.2) is 16.9 Å². The van der Waals surface area contributed by atoms with Gasteiger partial charge in [0, 0.05) is 23.7 Å². The molecular formula is C11H12N2O3. The van der Waals surface area contributed by atoms with Gasteiger partial charge in [0.2, 0.25) is 11.8 Å². The molecule has 1 saturated heterocycles. The molecular weight excluding hydrogens is 208 g/mol. The third kappa shape index (κ3) is 1.84. The monoisotopic (exact) mass is 220 g/mol. The molecule has 1 aliphatic heterocycles. The fourth-order valence-electron chi connectivity index (χ4n) is 1.85. The Bertz CT molecular complexity index is 457. The number of phenols is 1. The number of anilines is 1. The Hall–Kier alpha value is -2.04. The first-order valence-electron chi connectivity index (χ1n) is 5.00. The normalized spacial score (nSPS) is 20.6. The van der Waals surface area contributed by atoms with E-state index in [2.05, 4.69) is 5.32 Å². The van der Waals surface area contributed by atoms with Gasteiger partial charge in [-0.2, -0.15) is 0 Å². The molecule has 0 spiro atoms. The van der Waals surface area contributed by atoms with Gasteiger partial charge < -0.3 is 10.8 Å². The van der Waals surface area contributed by atoms with Gasteiger partial charge in [-0.3, -0.25) is 14.9 Å². The molecule has 16 heavy (non-hydrogen) atoms. The van der Waals surface area contributed by atoms with Gasteiger partial charge in [0.1, 0.15) is 5.75 Å². The number of hydrogen-bond donors (Lipinski definition) is 3. The molecule has 84 valence electrons. The van der Waals surface area contributed by atoms with Gasteiger partial charge in [-0.15, -0.1) is 0 Å². The highest BCUT2D eigenvalue weighted by Crippen LogP contribution is 2.32. The van der Waals surface area contributed by atoms with Gasteiger partial charge in [-0.25, -0.2) is 0 Å². The van der Waals surface area contributed by atoms with Crippen molar-refractivity contribution in [3.05, 3.63) is 23.8 Å². The van der Waals surface area contributed by atoms with Gasteiger partial charge in [0.25, 0.3) is 0 Å². The summed E-state index contributed by atoms with van der Waals surface area (Å²) in [6, 6.07) is 4.64. The van der Waals surface area contributed by atoms with Crippen LogP contribution in [-0.2, 0) is 9.59 Å². The first-order chi connectivity index (χ1) is 7.58. The minimum absolute atomic E-state index is 0.00509. The van der Waals surface area contributed by atoms with Crippen LogP contribution in [0.2, 0.25) is 0 Å². The maximum absolute atomic E-state index is 11.6. The minimum Gasteiger partial charge on any atom is -0.508 e. The van der Waals surface area contributed by atoms with Crippen molar-refractivity contribution in [2.24, 2.45) is 0 Å². The molecule has 4 N–H and O–H groups in total. The van der Waals surface area contributed by atoms with E-state index in [4.69, 9.17) is 5.73 Å². The summed E-state index contributed by atoms with van der Waals surface area (Å²) in [7, 11) is 0. The van der Waals surface area contributed by atoms with Crippen LogP contribution >= 0.6 is 0 Å². The zero-order chi connectivity index (χ0) is 11.7. The maximum atomic E-state index is 11.6. The number of carbonyl (C=O) groups excluding carboxylic acids is 2. The van der Waals surface area contributed by atoms with Crippen LogP contribution in [0.1, 0.15) is 24.3 Å². The summed E-state index contributed by atoms with van der Waals surface area (Å²) >= 11 is 0. The van der Waals surface area contributed by atoms with Crippen molar-refractivity contribution in [1.29, 1.82) is 0 Å². The number of nitrogens with two attached hydrogens (primary N) is 1. The molecule has 2 amide bonds. The highest BCUT2D eigenvalue weighted by Gasteiger charge is 2.29. The lowest BCUT2D eigenvalue weighted by Crippen LogP contribution is -2.39. The Balaban J connectivity index is 2.30. The van der Waals surface area contributed by atoms with Crippen molar-refractivity contribution in [1.82, 2.24) is 5.32 Å². The molecule has 1 atom stereocenters. The average molecular weight is 220 g/mol. The van der Waals surface area contributed by atoms with Crippen LogP contribution in [0.15, 0.2) is 18.2 Å². The van der Waals surface area contributed by atoms with Crippen LogP contribution in [0.4, 0.5) is 5.69 Å². The van der Waals surface area contributed by atoms with Crippen LogP contribution in [0, 0.1) is 0 Å². The van der Waals surface area contributed by atoms with Crippen molar-refractivity contribution in [3.8, 4) is 5.75 Å². The van der Waals surface area contributed by atoms with Crippen molar-refractivity contribution < 1.29 is 14.7 Å². The molecule has 0 saturated carbocycles. The van der Waals surface area contributed by atoms with Crippen LogP contribution in [0.5, 0.6) is 5.75 Å². The predicted molar refractivity (Wildman–Crippen MR) is 57.6 cm³/mol. The predicted octanol–water partition coefficient (Wildman–Crippen LogP) is 0.495. The zero-order valence-corrected chi connectivity index (χ0v) is 8.56. The molecule has 0 radical (unpaired) electrons. The fourth-order valence-corrected chi connectivity index (χ4v) is 1.85. The quantitative estimate of drug-likeness (QED) is 0.474. The molecule has 0 aromatic heterocycles. The van der Waals surface area contributed by atoms with E-state index >= 15 is 0 Å². The Morgan fingerprint density at radius 2 is 2.12 bits per heavy atom. The molecule has 0 bridgehead atoms. The third-order valence-corrected chi connectivity index (χ3v) is 2.67. The molecule has 2 rings (SSSR count). The second-order valence-corrected chi connectivity index (χ2v) is 3.82. The number of phenolic OH excluding ortho intramolecular Hbond substituents is 1. The number of aromatic hydroxyl groups is 1. The van der Waals surface area contributed by atoms with Crippen molar-refractivity contribution in [2.45, 2.75) is 18.8 Å². The molecule has 1 unspecified atom stereocenters. The summed E-state index contributed by atoms with van der Waals surface area (Å²) < 4.78 is 0. The number of nitrogens with one attached hydrogen (secondary N) is 1. The molecule has 1 fully saturated rings. The second-order valence-electron chi connectivity index (χ2n) is 3.82. The number of carbonyl (C=O) groups is 2. The molecule has 1 aliphatic rings. The van der Waals surface area contributed by atoms with E-state index in [9.17, 15) is 14.7 Å². The van der Waals surface area contributed by atoms with Gasteiger partial charge >= 0.3 is 0 Å². The Labute approximate surface area is 92.3 Å². The van der Waals surface area contributed by atoms with Crippen molar-refractivity contribution in [3.63, 3.8) is 0 Å². The molecule has 1 aromatic rings. The van der Waals surface area contributed by atoms with Crippen LogP contribution in [0.3, 0.4) is 0 Å². The van der Waals surface area contributed by atoms with Crippen molar-refractivity contribution >= 4 is 17.5 Å². The van der Waals surface area contributed by atoms with E-state index in [0.29, 0.717) is 24.1 Å². The van der Waals surface area contributed by atoms with Crippen LogP contribution < -0.4 is 11.1 Å². The number of amides is 2. The number of imide groups is 1. The van der Waals surface area contributed by atoms with Gasteiger partial charge in [-0.05, 0) is 12.5 Å². The fraction of sp³-hybridized carbons (Fsp3) is 0.273. The Kier molecular flexibility index (Phi) is 2.52. The first-order valence-corrected chi connectivity index (χ1v) is 5.00. The highest BCUT2D eigenvalue weighted by atomic mass is 16.3. The van der Waals surface area contributed by atoms with Gasteiger partial charge in [-0.1, -0.05) is 6.07 Å². The summed E-state index contributed by atoms with van der Waals surface area (Å²) in [5.74, 6) is -1.11. The van der Waals surface area contributed by atoms with E-state index in [1.165, 1.54) is 6.07 Å². The summed E-state index contributed by atoms with van der Waals surface area (Å²) in [4.78, 5) is 22.5. The lowest BCUT2D eigenvalue weighted by molar-refractivity contribution is -0.134. The Morgan fingerprint density at radius 3 is 2.75 bits per heavy atom. The topological polar surface area (TPSA) is 92.4 Å². The largest absolute Gasteiger partial charge is 0.508 e.